The van der Waals surface area contributed by atoms with Crippen molar-refractivity contribution in [1.29, 1.82) is 0 Å². The van der Waals surface area contributed by atoms with E-state index in [0.717, 1.165) is 15.4 Å². The highest BCUT2D eigenvalue weighted by Gasteiger charge is 2.28. The first kappa shape index (κ1) is 27.7. The first-order valence-corrected chi connectivity index (χ1v) is 14.5. The number of carbonyl (C=O) groups excluding carboxylic acids is 1. The summed E-state index contributed by atoms with van der Waals surface area (Å²) < 4.78 is 28.1. The molecule has 0 radical (unpaired) electrons. The Kier molecular flexibility index (Phi) is 9.78. The van der Waals surface area contributed by atoms with Gasteiger partial charge in [-0.25, -0.2) is 8.42 Å². The minimum absolute atomic E-state index is 0.102. The van der Waals surface area contributed by atoms with Crippen LogP contribution in [0.2, 0.25) is 15.1 Å². The number of nitrogens with zero attached hydrogens (tertiary/aromatic N) is 1. The number of benzene rings is 3. The molecule has 0 heterocycles. The van der Waals surface area contributed by atoms with E-state index < -0.39 is 15.9 Å². The molecule has 0 saturated heterocycles. The first-order chi connectivity index (χ1) is 16.6. The molecule has 0 aromatic heterocycles. The number of nitrogens with one attached hydrogen (secondary N) is 1. The highest BCUT2D eigenvalue weighted by molar-refractivity contribution is 7.98. The Morgan fingerprint density at radius 1 is 0.971 bits per heavy atom. The van der Waals surface area contributed by atoms with E-state index in [0.29, 0.717) is 44.4 Å². The summed E-state index contributed by atoms with van der Waals surface area (Å²) in [5.41, 5.74) is 2.83. The van der Waals surface area contributed by atoms with Crippen LogP contribution in [0.3, 0.4) is 0 Å². The Morgan fingerprint density at radius 2 is 1.69 bits per heavy atom. The molecule has 0 fully saturated rings. The number of thioether (sulfide) groups is 1. The molecule has 10 heteroatoms. The number of carbonyl (C=O) groups is 1. The number of hydrogen-bond donors (Lipinski definition) is 1. The SMILES string of the molecule is Cc1ccc(S(=O)(=O)N(CC(=O)NCCSCc2ccc(Cl)cc2Cl)c2cccc(Cl)c2C)cc1. The van der Waals surface area contributed by atoms with Crippen LogP contribution in [0.1, 0.15) is 16.7 Å². The summed E-state index contributed by atoms with van der Waals surface area (Å²) in [4.78, 5) is 12.9. The smallest absolute Gasteiger partial charge is 0.264 e. The predicted octanol–water partition coefficient (Wildman–Crippen LogP) is 6.51. The number of aryl methyl sites for hydroxylation is 1. The lowest BCUT2D eigenvalue weighted by Crippen LogP contribution is -2.41. The van der Waals surface area contributed by atoms with Crippen molar-refractivity contribution in [3.63, 3.8) is 0 Å². The fourth-order valence-electron chi connectivity index (χ4n) is 3.27. The number of amides is 1. The van der Waals surface area contributed by atoms with Crippen LogP contribution in [0.4, 0.5) is 5.69 Å². The van der Waals surface area contributed by atoms with Gasteiger partial charge in [0.1, 0.15) is 6.54 Å². The van der Waals surface area contributed by atoms with Gasteiger partial charge in [-0.3, -0.25) is 9.10 Å². The van der Waals surface area contributed by atoms with Gasteiger partial charge in [-0.15, -0.1) is 0 Å². The fraction of sp³-hybridized carbons (Fsp3) is 0.240. The zero-order valence-corrected chi connectivity index (χ0v) is 23.1. The molecule has 0 aliphatic carbocycles. The van der Waals surface area contributed by atoms with Crippen molar-refractivity contribution in [1.82, 2.24) is 5.32 Å². The van der Waals surface area contributed by atoms with Crippen molar-refractivity contribution in [3.8, 4) is 0 Å². The second-order valence-electron chi connectivity index (χ2n) is 7.85. The van der Waals surface area contributed by atoms with Crippen LogP contribution in [-0.2, 0) is 20.6 Å². The first-order valence-electron chi connectivity index (χ1n) is 10.7. The van der Waals surface area contributed by atoms with Crippen molar-refractivity contribution in [2.75, 3.05) is 23.1 Å². The molecule has 3 aromatic rings. The lowest BCUT2D eigenvalue weighted by Gasteiger charge is -2.26. The number of rotatable bonds is 10. The molecule has 186 valence electrons. The van der Waals surface area contributed by atoms with E-state index in [9.17, 15) is 13.2 Å². The van der Waals surface area contributed by atoms with Crippen LogP contribution in [0.5, 0.6) is 0 Å². The average molecular weight is 572 g/mol. The molecule has 35 heavy (non-hydrogen) atoms. The van der Waals surface area contributed by atoms with Gasteiger partial charge in [0.2, 0.25) is 5.91 Å². The van der Waals surface area contributed by atoms with Crippen LogP contribution >= 0.6 is 46.6 Å². The summed E-state index contributed by atoms with van der Waals surface area (Å²) >= 11 is 20.0. The number of halogens is 3. The third-order valence-corrected chi connectivity index (χ3v) is 9.02. The largest absolute Gasteiger partial charge is 0.354 e. The standard InChI is InChI=1S/C25H25Cl3N2O3S2/c1-17-6-10-21(11-7-17)35(32,33)30(24-5-3-4-22(27)18(24)2)15-25(31)29-12-13-34-16-19-8-9-20(26)14-23(19)28/h3-11,14H,12-13,15-16H2,1-2H3,(H,29,31). The van der Waals surface area contributed by atoms with Crippen LogP contribution in [0, 0.1) is 13.8 Å². The number of anilines is 1. The van der Waals surface area contributed by atoms with Crippen molar-refractivity contribution in [3.05, 3.63) is 92.4 Å². The van der Waals surface area contributed by atoms with Crippen LogP contribution < -0.4 is 9.62 Å². The van der Waals surface area contributed by atoms with E-state index in [1.165, 1.54) is 12.1 Å². The normalized spacial score (nSPS) is 11.3. The number of sulfonamides is 1. The molecular formula is C25H25Cl3N2O3S2. The number of hydrogen-bond acceptors (Lipinski definition) is 4. The molecule has 1 amide bonds. The minimum atomic E-state index is -4.00. The van der Waals surface area contributed by atoms with Crippen LogP contribution in [-0.4, -0.2) is 33.2 Å². The molecule has 3 aromatic carbocycles. The summed E-state index contributed by atoms with van der Waals surface area (Å²) in [6.45, 7) is 3.61. The van der Waals surface area contributed by atoms with E-state index in [4.69, 9.17) is 34.8 Å². The quantitative estimate of drug-likeness (QED) is 0.282. The van der Waals surface area contributed by atoms with Gasteiger partial charge in [-0.05, 0) is 61.4 Å². The van der Waals surface area contributed by atoms with Gasteiger partial charge in [0.05, 0.1) is 10.6 Å². The Bertz CT molecular complexity index is 1300. The van der Waals surface area contributed by atoms with E-state index in [-0.39, 0.29) is 11.4 Å². The molecule has 0 aliphatic rings. The molecule has 5 nitrogen and oxygen atoms in total. The summed E-state index contributed by atoms with van der Waals surface area (Å²) in [7, 11) is -4.00. The Labute approximate surface area is 225 Å². The Hall–Kier alpha value is -1.90. The molecule has 0 saturated carbocycles. The van der Waals surface area contributed by atoms with Gasteiger partial charge < -0.3 is 5.32 Å². The maximum atomic E-state index is 13.5. The maximum Gasteiger partial charge on any atom is 0.264 e. The van der Waals surface area contributed by atoms with Crippen molar-refractivity contribution in [2.24, 2.45) is 0 Å². The lowest BCUT2D eigenvalue weighted by molar-refractivity contribution is -0.119. The zero-order valence-electron chi connectivity index (χ0n) is 19.2. The molecule has 3 rings (SSSR count). The monoisotopic (exact) mass is 570 g/mol. The van der Waals surface area contributed by atoms with Crippen LogP contribution in [0.15, 0.2) is 65.6 Å². The highest BCUT2D eigenvalue weighted by Crippen LogP contribution is 2.31. The average Bonchev–Trinajstić information content (AvgIpc) is 2.81. The van der Waals surface area contributed by atoms with Gasteiger partial charge in [0.25, 0.3) is 10.0 Å². The molecule has 0 aliphatic heterocycles. The minimum Gasteiger partial charge on any atom is -0.354 e. The van der Waals surface area contributed by atoms with E-state index in [2.05, 4.69) is 5.32 Å². The Morgan fingerprint density at radius 3 is 2.37 bits per heavy atom. The van der Waals surface area contributed by atoms with Crippen molar-refractivity contribution < 1.29 is 13.2 Å². The van der Waals surface area contributed by atoms with Gasteiger partial charge in [-0.2, -0.15) is 11.8 Å². The topological polar surface area (TPSA) is 66.5 Å². The molecule has 0 unspecified atom stereocenters. The molecule has 1 N–H and O–H groups in total. The molecular weight excluding hydrogens is 547 g/mol. The highest BCUT2D eigenvalue weighted by atomic mass is 35.5. The second-order valence-corrected chi connectivity index (χ2v) is 12.1. The zero-order chi connectivity index (χ0) is 25.6. The van der Waals surface area contributed by atoms with E-state index in [1.54, 1.807) is 61.2 Å². The van der Waals surface area contributed by atoms with Crippen molar-refractivity contribution in [2.45, 2.75) is 24.5 Å². The van der Waals surface area contributed by atoms with E-state index >= 15 is 0 Å². The third kappa shape index (κ3) is 7.30. The summed E-state index contributed by atoms with van der Waals surface area (Å²) in [6.07, 6.45) is 0. The van der Waals surface area contributed by atoms with Gasteiger partial charge >= 0.3 is 0 Å². The third-order valence-electron chi connectivity index (χ3n) is 5.25. The summed E-state index contributed by atoms with van der Waals surface area (Å²) in [5, 5.41) is 4.41. The molecule has 0 bridgehead atoms. The van der Waals surface area contributed by atoms with Gasteiger partial charge in [-0.1, -0.05) is 64.6 Å². The summed E-state index contributed by atoms with van der Waals surface area (Å²) in [5.74, 6) is 0.887. The lowest BCUT2D eigenvalue weighted by atomic mass is 10.2. The van der Waals surface area contributed by atoms with Gasteiger partial charge in [0.15, 0.2) is 0 Å². The summed E-state index contributed by atoms with van der Waals surface area (Å²) in [6, 6.07) is 16.9. The van der Waals surface area contributed by atoms with E-state index in [1.807, 2.05) is 13.0 Å². The van der Waals surface area contributed by atoms with Crippen LogP contribution in [0.25, 0.3) is 0 Å². The molecule has 0 atom stereocenters. The predicted molar refractivity (Wildman–Crippen MR) is 148 cm³/mol. The fourth-order valence-corrected chi connectivity index (χ4v) is 6.34. The Balaban J connectivity index is 1.68. The molecule has 0 spiro atoms. The van der Waals surface area contributed by atoms with Crippen molar-refractivity contribution >= 4 is 68.2 Å². The maximum absolute atomic E-state index is 13.5. The van der Waals surface area contributed by atoms with Gasteiger partial charge in [0, 0.05) is 33.1 Å². The second kappa shape index (κ2) is 12.4.